The summed E-state index contributed by atoms with van der Waals surface area (Å²) < 4.78 is 11.2. The van der Waals surface area contributed by atoms with Crippen LogP contribution < -0.4 is 10.1 Å². The van der Waals surface area contributed by atoms with Crippen molar-refractivity contribution in [2.45, 2.75) is 57.1 Å². The number of carbonyl (C=O) groups is 1. The summed E-state index contributed by atoms with van der Waals surface area (Å²) in [5.41, 5.74) is 2.85. The first-order valence-corrected chi connectivity index (χ1v) is 11.4. The minimum absolute atomic E-state index is 0.139. The Labute approximate surface area is 184 Å². The first-order valence-electron chi connectivity index (χ1n) is 11.4. The number of rotatable bonds is 6. The van der Waals surface area contributed by atoms with Crippen molar-refractivity contribution in [1.29, 1.82) is 0 Å². The number of aliphatic hydroxyl groups is 1. The zero-order valence-corrected chi connectivity index (χ0v) is 18.3. The largest absolute Gasteiger partial charge is 0.496 e. The number of hydrogen-bond donors (Lipinski definition) is 2. The van der Waals surface area contributed by atoms with E-state index in [2.05, 4.69) is 35.6 Å². The molecular formula is C26H33NO4. The third-order valence-electron chi connectivity index (χ3n) is 6.85. The molecule has 1 amide bonds. The lowest BCUT2D eigenvalue weighted by Crippen LogP contribution is -2.50. The Morgan fingerprint density at radius 2 is 1.84 bits per heavy atom. The number of benzene rings is 2. The van der Waals surface area contributed by atoms with Crippen LogP contribution >= 0.6 is 0 Å². The fourth-order valence-electron chi connectivity index (χ4n) is 4.93. The third kappa shape index (κ3) is 5.10. The summed E-state index contributed by atoms with van der Waals surface area (Å²) in [4.78, 5) is 13.5. The van der Waals surface area contributed by atoms with Gasteiger partial charge in [0.1, 0.15) is 5.75 Å². The van der Waals surface area contributed by atoms with Gasteiger partial charge in [0, 0.05) is 24.8 Å². The molecule has 1 aliphatic carbocycles. The molecule has 0 spiro atoms. The molecule has 0 aromatic heterocycles. The van der Waals surface area contributed by atoms with Crippen LogP contribution in [0.15, 0.2) is 48.5 Å². The van der Waals surface area contributed by atoms with Crippen molar-refractivity contribution in [1.82, 2.24) is 5.32 Å². The van der Waals surface area contributed by atoms with E-state index in [9.17, 15) is 9.90 Å². The van der Waals surface area contributed by atoms with Gasteiger partial charge in [0.05, 0.1) is 18.6 Å². The minimum Gasteiger partial charge on any atom is -0.496 e. The first kappa shape index (κ1) is 21.8. The van der Waals surface area contributed by atoms with Crippen LogP contribution in [0.3, 0.4) is 0 Å². The van der Waals surface area contributed by atoms with Crippen LogP contribution in [0.2, 0.25) is 0 Å². The van der Waals surface area contributed by atoms with Gasteiger partial charge in [-0.05, 0) is 62.1 Å². The smallest absolute Gasteiger partial charge is 0.226 e. The second kappa shape index (κ2) is 9.84. The standard InChI is InChI=1S/C26H33NO4/c1-30-24-8-3-2-7-23(24)20-6-4-5-19(17-20)18-26(13-15-31-16-14-26)25(29)27-21-9-11-22(28)12-10-21/h2-8,17,21-22,28H,9-16,18H2,1H3,(H,27,29). The van der Waals surface area contributed by atoms with E-state index in [0.717, 1.165) is 61.0 Å². The zero-order chi connectivity index (χ0) is 21.7. The predicted octanol–water partition coefficient (Wildman–Crippen LogP) is 4.12. The monoisotopic (exact) mass is 423 g/mol. The van der Waals surface area contributed by atoms with Crippen LogP contribution in [-0.4, -0.2) is 43.5 Å². The molecule has 166 valence electrons. The Morgan fingerprint density at radius 3 is 2.58 bits per heavy atom. The van der Waals surface area contributed by atoms with Crippen LogP contribution in [0.25, 0.3) is 11.1 Å². The Bertz CT molecular complexity index is 882. The summed E-state index contributed by atoms with van der Waals surface area (Å²) >= 11 is 0. The normalized spacial score (nSPS) is 23.2. The minimum atomic E-state index is -0.451. The van der Waals surface area contributed by atoms with Crippen molar-refractivity contribution in [2.75, 3.05) is 20.3 Å². The maximum atomic E-state index is 13.5. The van der Waals surface area contributed by atoms with E-state index < -0.39 is 5.41 Å². The number of aliphatic hydroxyl groups excluding tert-OH is 1. The summed E-state index contributed by atoms with van der Waals surface area (Å²) in [6.45, 7) is 1.23. The lowest BCUT2D eigenvalue weighted by molar-refractivity contribution is -0.137. The van der Waals surface area contributed by atoms with Crippen LogP contribution in [0, 0.1) is 5.41 Å². The SMILES string of the molecule is COc1ccccc1-c1cccc(CC2(C(=O)NC3CCC(O)CC3)CCOCC2)c1. The van der Waals surface area contributed by atoms with Crippen molar-refractivity contribution in [3.8, 4) is 16.9 Å². The fraction of sp³-hybridized carbons (Fsp3) is 0.500. The highest BCUT2D eigenvalue weighted by molar-refractivity contribution is 5.83. The Hall–Kier alpha value is -2.37. The molecule has 5 nitrogen and oxygen atoms in total. The van der Waals surface area contributed by atoms with Gasteiger partial charge < -0.3 is 19.9 Å². The highest BCUT2D eigenvalue weighted by atomic mass is 16.5. The van der Waals surface area contributed by atoms with E-state index in [1.54, 1.807) is 7.11 Å². The number of hydrogen-bond acceptors (Lipinski definition) is 4. The van der Waals surface area contributed by atoms with Gasteiger partial charge in [0.2, 0.25) is 5.91 Å². The van der Waals surface area contributed by atoms with Gasteiger partial charge in [-0.25, -0.2) is 0 Å². The number of amides is 1. The molecule has 1 heterocycles. The molecule has 0 radical (unpaired) electrons. The van der Waals surface area contributed by atoms with E-state index in [-0.39, 0.29) is 18.1 Å². The topological polar surface area (TPSA) is 67.8 Å². The molecule has 4 rings (SSSR count). The second-order valence-corrected chi connectivity index (χ2v) is 8.95. The van der Waals surface area contributed by atoms with Crippen molar-refractivity contribution in [3.05, 3.63) is 54.1 Å². The van der Waals surface area contributed by atoms with Crippen LogP contribution in [0.5, 0.6) is 5.75 Å². The van der Waals surface area contributed by atoms with Crippen LogP contribution in [-0.2, 0) is 16.0 Å². The van der Waals surface area contributed by atoms with E-state index in [4.69, 9.17) is 9.47 Å². The van der Waals surface area contributed by atoms with Gasteiger partial charge in [-0.15, -0.1) is 0 Å². The Morgan fingerprint density at radius 1 is 1.10 bits per heavy atom. The molecular weight excluding hydrogens is 390 g/mol. The molecule has 2 aliphatic rings. The van der Waals surface area contributed by atoms with Crippen molar-refractivity contribution >= 4 is 5.91 Å². The molecule has 0 bridgehead atoms. The quantitative estimate of drug-likeness (QED) is 0.733. The molecule has 1 saturated heterocycles. The fourth-order valence-corrected chi connectivity index (χ4v) is 4.93. The maximum Gasteiger partial charge on any atom is 0.226 e. The number of ether oxygens (including phenoxy) is 2. The Balaban J connectivity index is 1.55. The van der Waals surface area contributed by atoms with Gasteiger partial charge in [0.15, 0.2) is 0 Å². The molecule has 31 heavy (non-hydrogen) atoms. The second-order valence-electron chi connectivity index (χ2n) is 8.95. The number of nitrogens with one attached hydrogen (secondary N) is 1. The van der Waals surface area contributed by atoms with Crippen LogP contribution in [0.4, 0.5) is 0 Å². The maximum absolute atomic E-state index is 13.5. The summed E-state index contributed by atoms with van der Waals surface area (Å²) in [5.74, 6) is 0.984. The van der Waals surface area contributed by atoms with Crippen molar-refractivity contribution in [3.63, 3.8) is 0 Å². The summed E-state index contributed by atoms with van der Waals surface area (Å²) in [5, 5.41) is 13.1. The average Bonchev–Trinajstić information content (AvgIpc) is 2.81. The van der Waals surface area contributed by atoms with E-state index in [1.807, 2.05) is 18.2 Å². The van der Waals surface area contributed by atoms with Gasteiger partial charge in [-0.2, -0.15) is 0 Å². The zero-order valence-electron chi connectivity index (χ0n) is 18.3. The van der Waals surface area contributed by atoms with Gasteiger partial charge in [0.25, 0.3) is 0 Å². The van der Waals surface area contributed by atoms with E-state index in [0.29, 0.717) is 19.6 Å². The molecule has 1 saturated carbocycles. The highest BCUT2D eigenvalue weighted by Crippen LogP contribution is 2.37. The number of para-hydroxylation sites is 1. The highest BCUT2D eigenvalue weighted by Gasteiger charge is 2.41. The molecule has 2 N–H and O–H groups in total. The molecule has 2 fully saturated rings. The van der Waals surface area contributed by atoms with Gasteiger partial charge in [-0.3, -0.25) is 4.79 Å². The first-order chi connectivity index (χ1) is 15.1. The predicted molar refractivity (Wildman–Crippen MR) is 121 cm³/mol. The molecule has 2 aromatic carbocycles. The average molecular weight is 424 g/mol. The summed E-state index contributed by atoms with van der Waals surface area (Å²) in [6.07, 6.45) is 5.17. The Kier molecular flexibility index (Phi) is 6.93. The lowest BCUT2D eigenvalue weighted by Gasteiger charge is -2.38. The van der Waals surface area contributed by atoms with Crippen molar-refractivity contribution in [2.24, 2.45) is 5.41 Å². The molecule has 0 atom stereocenters. The molecule has 0 unspecified atom stereocenters. The van der Waals surface area contributed by atoms with Crippen LogP contribution in [0.1, 0.15) is 44.1 Å². The van der Waals surface area contributed by atoms with Gasteiger partial charge in [-0.1, -0.05) is 42.5 Å². The van der Waals surface area contributed by atoms with E-state index in [1.165, 1.54) is 0 Å². The molecule has 1 aliphatic heterocycles. The number of methoxy groups -OCH3 is 1. The van der Waals surface area contributed by atoms with Gasteiger partial charge >= 0.3 is 0 Å². The summed E-state index contributed by atoms with van der Waals surface area (Å²) in [7, 11) is 1.69. The number of carbonyl (C=O) groups excluding carboxylic acids is 1. The molecule has 5 heteroatoms. The summed E-state index contributed by atoms with van der Waals surface area (Å²) in [6, 6.07) is 16.6. The lowest BCUT2D eigenvalue weighted by atomic mass is 9.73. The molecule has 2 aromatic rings. The third-order valence-corrected chi connectivity index (χ3v) is 6.85. The van der Waals surface area contributed by atoms with Crippen molar-refractivity contribution < 1.29 is 19.4 Å². The van der Waals surface area contributed by atoms with E-state index >= 15 is 0 Å².